The molecule has 3 heteroatoms. The lowest BCUT2D eigenvalue weighted by Crippen LogP contribution is -2.30. The lowest BCUT2D eigenvalue weighted by Gasteiger charge is -2.23. The van der Waals surface area contributed by atoms with Crippen molar-refractivity contribution < 1.29 is 13.9 Å². The van der Waals surface area contributed by atoms with Gasteiger partial charge in [-0.3, -0.25) is 0 Å². The molecule has 0 radical (unpaired) electrons. The molecule has 0 fully saturated rings. The third kappa shape index (κ3) is 6.06. The molecule has 1 aromatic carbocycles. The monoisotopic (exact) mass is 270 g/mol. The Labute approximate surface area is 116 Å². The van der Waals surface area contributed by atoms with E-state index in [4.69, 9.17) is 9.47 Å². The zero-order valence-electron chi connectivity index (χ0n) is 13.2. The first kappa shape index (κ1) is 17.9. The van der Waals surface area contributed by atoms with Crippen LogP contribution in [0.2, 0.25) is 0 Å². The van der Waals surface area contributed by atoms with Crippen LogP contribution >= 0.6 is 0 Å². The van der Waals surface area contributed by atoms with Gasteiger partial charge < -0.3 is 9.47 Å². The quantitative estimate of drug-likeness (QED) is 0.766. The number of halogens is 1. The van der Waals surface area contributed by atoms with E-state index in [-0.39, 0.29) is 11.6 Å². The van der Waals surface area contributed by atoms with Crippen molar-refractivity contribution in [1.82, 2.24) is 0 Å². The van der Waals surface area contributed by atoms with Gasteiger partial charge in [0.25, 0.3) is 0 Å². The smallest absolute Gasteiger partial charge is 0.165 e. The first-order chi connectivity index (χ1) is 8.85. The summed E-state index contributed by atoms with van der Waals surface area (Å²) in [5.41, 5.74) is 0.559. The van der Waals surface area contributed by atoms with Crippen LogP contribution in [0.15, 0.2) is 18.2 Å². The molecule has 110 valence electrons. The van der Waals surface area contributed by atoms with E-state index in [1.54, 1.807) is 13.2 Å². The fourth-order valence-corrected chi connectivity index (χ4v) is 1.30. The summed E-state index contributed by atoms with van der Waals surface area (Å²) in [6, 6.07) is 5.10. The highest BCUT2D eigenvalue weighted by Crippen LogP contribution is 2.23. The molecule has 2 nitrogen and oxygen atoms in total. The van der Waals surface area contributed by atoms with Crippen LogP contribution in [0.3, 0.4) is 0 Å². The molecular formula is C16H27FO2. The number of ether oxygens (including phenoxy) is 2. The maximum absolute atomic E-state index is 13.7. The second kappa shape index (κ2) is 8.16. The van der Waals surface area contributed by atoms with Crippen molar-refractivity contribution >= 4 is 0 Å². The summed E-state index contributed by atoms with van der Waals surface area (Å²) in [7, 11) is 1.61. The zero-order valence-corrected chi connectivity index (χ0v) is 13.2. The third-order valence-corrected chi connectivity index (χ3v) is 2.75. The molecule has 0 spiro atoms. The van der Waals surface area contributed by atoms with Gasteiger partial charge in [0, 0.05) is 7.11 Å². The van der Waals surface area contributed by atoms with Gasteiger partial charge in [0.2, 0.25) is 0 Å². The molecule has 0 bridgehead atoms. The lowest BCUT2D eigenvalue weighted by molar-refractivity contribution is -0.0155. The Morgan fingerprint density at radius 2 is 1.79 bits per heavy atom. The summed E-state index contributed by atoms with van der Waals surface area (Å²) in [5, 5.41) is 0. The zero-order chi connectivity index (χ0) is 15.1. The van der Waals surface area contributed by atoms with Gasteiger partial charge in [-0.15, -0.1) is 0 Å². The van der Waals surface area contributed by atoms with Gasteiger partial charge in [-0.2, -0.15) is 0 Å². The highest BCUT2D eigenvalue weighted by Gasteiger charge is 2.18. The fraction of sp³-hybridized carbons (Fsp3) is 0.625. The van der Waals surface area contributed by atoms with Gasteiger partial charge in [-0.1, -0.05) is 33.8 Å². The van der Waals surface area contributed by atoms with Crippen LogP contribution in [0.25, 0.3) is 0 Å². The number of methoxy groups -OCH3 is 1. The first-order valence-electron chi connectivity index (χ1n) is 6.83. The van der Waals surface area contributed by atoms with Gasteiger partial charge in [0.15, 0.2) is 11.6 Å². The first-order valence-corrected chi connectivity index (χ1v) is 6.83. The molecule has 0 aromatic heterocycles. The molecule has 1 rings (SSSR count). The van der Waals surface area contributed by atoms with E-state index in [9.17, 15) is 4.39 Å². The predicted octanol–water partition coefficient (Wildman–Crippen LogP) is 4.78. The highest BCUT2D eigenvalue weighted by molar-refractivity contribution is 5.30. The summed E-state index contributed by atoms with van der Waals surface area (Å²) in [6.07, 6.45) is 0. The Morgan fingerprint density at radius 3 is 2.21 bits per heavy atom. The Bertz CT molecular complexity index is 373. The van der Waals surface area contributed by atoms with Crippen molar-refractivity contribution in [3.63, 3.8) is 0 Å². The third-order valence-electron chi connectivity index (χ3n) is 2.75. The fourth-order valence-electron chi connectivity index (χ4n) is 1.30. The maximum Gasteiger partial charge on any atom is 0.165 e. The molecule has 0 aliphatic rings. The molecule has 0 heterocycles. The molecule has 0 atom stereocenters. The Kier molecular flexibility index (Phi) is 7.69. The van der Waals surface area contributed by atoms with E-state index in [1.807, 2.05) is 47.6 Å². The van der Waals surface area contributed by atoms with Crippen molar-refractivity contribution in [1.29, 1.82) is 0 Å². The van der Waals surface area contributed by atoms with Crippen LogP contribution in [-0.2, 0) is 4.74 Å². The minimum Gasteiger partial charge on any atom is -0.488 e. The van der Waals surface area contributed by atoms with Crippen molar-refractivity contribution in [2.24, 2.45) is 0 Å². The van der Waals surface area contributed by atoms with E-state index < -0.39 is 5.60 Å². The summed E-state index contributed by atoms with van der Waals surface area (Å²) in [5.74, 6) is 0.275. The van der Waals surface area contributed by atoms with Gasteiger partial charge in [0.1, 0.15) is 6.61 Å². The summed E-state index contributed by atoms with van der Waals surface area (Å²) in [6.45, 7) is 12.2. The highest BCUT2D eigenvalue weighted by atomic mass is 19.1. The SMILES string of the molecule is CC.COC(C)(C)COc1ccc(C(C)C)cc1F. The topological polar surface area (TPSA) is 18.5 Å². The number of benzene rings is 1. The van der Waals surface area contributed by atoms with Crippen molar-refractivity contribution in [2.45, 2.75) is 53.1 Å². The second-order valence-electron chi connectivity index (χ2n) is 5.10. The van der Waals surface area contributed by atoms with E-state index in [0.29, 0.717) is 12.5 Å². The van der Waals surface area contributed by atoms with Gasteiger partial charge in [0.05, 0.1) is 5.60 Å². The minimum absolute atomic E-state index is 0.277. The number of hydrogen-bond acceptors (Lipinski definition) is 2. The van der Waals surface area contributed by atoms with Crippen LogP contribution in [-0.4, -0.2) is 19.3 Å². The van der Waals surface area contributed by atoms with E-state index in [0.717, 1.165) is 5.56 Å². The second-order valence-corrected chi connectivity index (χ2v) is 5.10. The van der Waals surface area contributed by atoms with Crippen molar-refractivity contribution in [2.75, 3.05) is 13.7 Å². The van der Waals surface area contributed by atoms with Crippen molar-refractivity contribution in [3.8, 4) is 5.75 Å². The van der Waals surface area contributed by atoms with Crippen molar-refractivity contribution in [3.05, 3.63) is 29.6 Å². The Balaban J connectivity index is 0.00000154. The van der Waals surface area contributed by atoms with Crippen LogP contribution in [0.1, 0.15) is 53.0 Å². The molecule has 19 heavy (non-hydrogen) atoms. The summed E-state index contributed by atoms with van der Waals surface area (Å²) >= 11 is 0. The van der Waals surface area contributed by atoms with Gasteiger partial charge >= 0.3 is 0 Å². The average Bonchev–Trinajstić information content (AvgIpc) is 2.39. The normalized spacial score (nSPS) is 11.0. The molecule has 0 saturated carbocycles. The van der Waals surface area contributed by atoms with Crippen LogP contribution in [0, 0.1) is 5.82 Å². The van der Waals surface area contributed by atoms with Crippen LogP contribution in [0.5, 0.6) is 5.75 Å². The lowest BCUT2D eigenvalue weighted by atomic mass is 10.0. The molecule has 0 amide bonds. The predicted molar refractivity (Wildman–Crippen MR) is 78.4 cm³/mol. The molecule has 0 aliphatic heterocycles. The van der Waals surface area contributed by atoms with Crippen LogP contribution in [0.4, 0.5) is 4.39 Å². The van der Waals surface area contributed by atoms with E-state index in [2.05, 4.69) is 0 Å². The van der Waals surface area contributed by atoms with E-state index >= 15 is 0 Å². The molecule has 0 aliphatic carbocycles. The summed E-state index contributed by atoms with van der Waals surface area (Å²) < 4.78 is 24.4. The van der Waals surface area contributed by atoms with E-state index in [1.165, 1.54) is 6.07 Å². The number of hydrogen-bond donors (Lipinski definition) is 0. The van der Waals surface area contributed by atoms with Gasteiger partial charge in [-0.05, 0) is 37.5 Å². The largest absolute Gasteiger partial charge is 0.488 e. The Morgan fingerprint density at radius 1 is 1.21 bits per heavy atom. The maximum atomic E-state index is 13.7. The number of rotatable bonds is 5. The summed E-state index contributed by atoms with van der Waals surface area (Å²) in [4.78, 5) is 0. The molecule has 0 N–H and O–H groups in total. The standard InChI is InChI=1S/C14H21FO2.C2H6/c1-10(2)11-6-7-13(12(15)8-11)17-9-14(3,4)16-5;1-2/h6-8,10H,9H2,1-5H3;1-2H3. The van der Waals surface area contributed by atoms with Gasteiger partial charge in [-0.25, -0.2) is 4.39 Å². The van der Waals surface area contributed by atoms with Crippen LogP contribution < -0.4 is 4.74 Å². The average molecular weight is 270 g/mol. The Hall–Kier alpha value is -1.09. The molecular weight excluding hydrogens is 243 g/mol. The molecule has 1 aromatic rings. The molecule has 0 unspecified atom stereocenters. The molecule has 0 saturated heterocycles. The minimum atomic E-state index is -0.414.